The molecule has 9 rings (SSSR count). The Morgan fingerprint density at radius 2 is 0.493 bits per heavy atom. The lowest BCUT2D eigenvalue weighted by atomic mass is 10.1. The van der Waals surface area contributed by atoms with Gasteiger partial charge in [-0.2, -0.15) is 15.3 Å². The van der Waals surface area contributed by atoms with Crippen LogP contribution in [-0.4, -0.2) is 18.6 Å². The van der Waals surface area contributed by atoms with Gasteiger partial charge in [-0.1, -0.05) is 202 Å². The van der Waals surface area contributed by atoms with Crippen molar-refractivity contribution in [1.29, 1.82) is 0 Å². The number of nitrogens with zero attached hydrogens (tertiary/aromatic N) is 7. The molecule has 0 saturated heterocycles. The number of benzene rings is 9. The molecule has 0 heterocycles. The summed E-state index contributed by atoms with van der Waals surface area (Å²) in [6.45, 7) is 13.6. The molecule has 0 spiro atoms. The first kappa shape index (κ1) is 48.4. The van der Waals surface area contributed by atoms with Crippen molar-refractivity contribution in [2.24, 2.45) is 15.3 Å². The highest BCUT2D eigenvalue weighted by Gasteiger charge is 2.14. The van der Waals surface area contributed by atoms with Crippen LogP contribution < -0.4 is 19.9 Å². The molecule has 9 aromatic carbocycles. The summed E-state index contributed by atoms with van der Waals surface area (Å²) < 4.78 is 0. The molecule has 0 fully saturated rings. The van der Waals surface area contributed by atoms with Crippen LogP contribution in [0.5, 0.6) is 0 Å². The molecule has 0 radical (unpaired) electrons. The van der Waals surface area contributed by atoms with Gasteiger partial charge in [0.15, 0.2) is 0 Å². The lowest BCUT2D eigenvalue weighted by Gasteiger charge is -2.26. The standard InChI is InChI=1S/C66H57N7/c1-4-52-22-28-58(29-23-52)49-70(61-16-10-7-11-17-61)67-46-55-34-40-64(41-35-55)73(65-42-36-56(37-43-65)47-68-71(62-18-12-8-13-19-62)50-59-30-24-53(5-2)25-31-59)66-44-38-57(39-45-66)48-69-72(63-20-14-9-15-21-63)51-60-32-26-54(6-3)27-33-60/h4-48H,1-3,49-51H2/b67-46+,68-47+,69-48+. The van der Waals surface area contributed by atoms with Crippen LogP contribution in [-0.2, 0) is 19.6 Å². The lowest BCUT2D eigenvalue weighted by Crippen LogP contribution is -2.16. The number of anilines is 6. The van der Waals surface area contributed by atoms with E-state index in [1.165, 1.54) is 0 Å². The summed E-state index contributed by atoms with van der Waals surface area (Å²) in [4.78, 5) is 2.26. The van der Waals surface area contributed by atoms with E-state index >= 15 is 0 Å². The van der Waals surface area contributed by atoms with Gasteiger partial charge in [-0.3, -0.25) is 15.0 Å². The van der Waals surface area contributed by atoms with Crippen molar-refractivity contribution in [3.05, 3.63) is 306 Å². The molecule has 73 heavy (non-hydrogen) atoms. The van der Waals surface area contributed by atoms with Crippen LogP contribution in [0.25, 0.3) is 18.2 Å². The van der Waals surface area contributed by atoms with Crippen LogP contribution in [0, 0.1) is 0 Å². The fourth-order valence-electron chi connectivity index (χ4n) is 8.18. The van der Waals surface area contributed by atoms with E-state index in [0.29, 0.717) is 19.6 Å². The molecular weight excluding hydrogens is 891 g/mol. The molecule has 0 aliphatic carbocycles. The summed E-state index contributed by atoms with van der Waals surface area (Å²) in [6, 6.07) is 81.6. The van der Waals surface area contributed by atoms with Gasteiger partial charge < -0.3 is 4.90 Å². The maximum absolute atomic E-state index is 5.01. The molecule has 0 unspecified atom stereocenters. The molecule has 0 aromatic heterocycles. The second kappa shape index (κ2) is 24.3. The van der Waals surface area contributed by atoms with Crippen molar-refractivity contribution in [3.8, 4) is 0 Å². The van der Waals surface area contributed by atoms with Crippen LogP contribution in [0.3, 0.4) is 0 Å². The third-order valence-electron chi connectivity index (χ3n) is 12.3. The quantitative estimate of drug-likeness (QED) is 0.0532. The van der Waals surface area contributed by atoms with E-state index in [9.17, 15) is 0 Å². The molecule has 7 nitrogen and oxygen atoms in total. The number of rotatable bonds is 21. The summed E-state index contributed by atoms with van der Waals surface area (Å²) in [5.74, 6) is 0. The average Bonchev–Trinajstić information content (AvgIpc) is 3.46. The minimum atomic E-state index is 0.619. The molecule has 0 amide bonds. The normalized spacial score (nSPS) is 11.2. The zero-order chi connectivity index (χ0) is 50.0. The molecule has 7 heteroatoms. The van der Waals surface area contributed by atoms with Crippen molar-refractivity contribution in [2.75, 3.05) is 19.9 Å². The minimum Gasteiger partial charge on any atom is -0.311 e. The topological polar surface area (TPSA) is 50.0 Å². The van der Waals surface area contributed by atoms with E-state index in [0.717, 1.165) is 84.2 Å². The second-order valence-corrected chi connectivity index (χ2v) is 17.4. The maximum Gasteiger partial charge on any atom is 0.0666 e. The van der Waals surface area contributed by atoms with Gasteiger partial charge in [-0.25, -0.2) is 0 Å². The highest BCUT2D eigenvalue weighted by molar-refractivity contribution is 5.87. The molecule has 356 valence electrons. The van der Waals surface area contributed by atoms with Crippen LogP contribution in [0.2, 0.25) is 0 Å². The second-order valence-electron chi connectivity index (χ2n) is 17.4. The van der Waals surface area contributed by atoms with E-state index in [-0.39, 0.29) is 0 Å². The van der Waals surface area contributed by atoms with E-state index in [2.05, 4.69) is 207 Å². The van der Waals surface area contributed by atoms with Crippen LogP contribution >= 0.6 is 0 Å². The monoisotopic (exact) mass is 947 g/mol. The fraction of sp³-hybridized carbons (Fsp3) is 0.0455. The summed E-state index contributed by atoms with van der Waals surface area (Å²) >= 11 is 0. The lowest BCUT2D eigenvalue weighted by molar-refractivity contribution is 0.858. The number of hydrazone groups is 3. The van der Waals surface area contributed by atoms with Gasteiger partial charge in [0.1, 0.15) is 0 Å². The Kier molecular flexibility index (Phi) is 16.1. The molecule has 0 saturated carbocycles. The minimum absolute atomic E-state index is 0.619. The fourth-order valence-corrected chi connectivity index (χ4v) is 8.18. The molecule has 0 aliphatic heterocycles. The molecule has 9 aromatic rings. The smallest absolute Gasteiger partial charge is 0.0666 e. The molecule has 0 aliphatic rings. The largest absolute Gasteiger partial charge is 0.311 e. The van der Waals surface area contributed by atoms with Crippen molar-refractivity contribution in [2.45, 2.75) is 19.6 Å². The predicted molar refractivity (Wildman–Crippen MR) is 311 cm³/mol. The number of hydrogen-bond acceptors (Lipinski definition) is 7. The van der Waals surface area contributed by atoms with Crippen molar-refractivity contribution in [3.63, 3.8) is 0 Å². The SMILES string of the molecule is C=Cc1ccc(CN(/N=C/c2ccc(N(c3ccc(/C=N/N(Cc4ccc(C=C)cc4)c4ccccc4)cc3)c3ccc(/C=N/N(Cc4ccc(C=C)cc4)c4ccccc4)cc3)cc2)c2ccccc2)cc1. The Balaban J connectivity index is 0.998. The van der Waals surface area contributed by atoms with Gasteiger partial charge in [0.25, 0.3) is 0 Å². The van der Waals surface area contributed by atoms with Crippen molar-refractivity contribution < 1.29 is 0 Å². The Labute approximate surface area is 430 Å². The average molecular weight is 948 g/mol. The predicted octanol–water partition coefficient (Wildman–Crippen LogP) is 16.2. The Hall–Kier alpha value is -9.59. The van der Waals surface area contributed by atoms with E-state index in [4.69, 9.17) is 15.3 Å². The van der Waals surface area contributed by atoms with Crippen LogP contribution in [0.15, 0.2) is 272 Å². The first-order chi connectivity index (χ1) is 36.0. The number of hydrogen-bond donors (Lipinski definition) is 0. The van der Waals surface area contributed by atoms with E-state index in [1.54, 1.807) is 0 Å². The summed E-state index contributed by atoms with van der Waals surface area (Å²) in [7, 11) is 0. The summed E-state index contributed by atoms with van der Waals surface area (Å²) in [5.41, 5.74) is 15.7. The molecule has 0 N–H and O–H groups in total. The summed E-state index contributed by atoms with van der Waals surface area (Å²) in [6.07, 6.45) is 11.3. The van der Waals surface area contributed by atoms with Gasteiger partial charge in [0.05, 0.1) is 55.3 Å². The van der Waals surface area contributed by atoms with Crippen molar-refractivity contribution >= 4 is 71.0 Å². The third-order valence-corrected chi connectivity index (χ3v) is 12.3. The first-order valence-corrected chi connectivity index (χ1v) is 24.3. The van der Waals surface area contributed by atoms with Gasteiger partial charge >= 0.3 is 0 Å². The zero-order valence-corrected chi connectivity index (χ0v) is 40.9. The number of para-hydroxylation sites is 3. The van der Waals surface area contributed by atoms with Gasteiger partial charge in [0.2, 0.25) is 0 Å². The van der Waals surface area contributed by atoms with Crippen LogP contribution in [0.4, 0.5) is 34.1 Å². The van der Waals surface area contributed by atoms with E-state index in [1.807, 2.05) is 106 Å². The first-order valence-electron chi connectivity index (χ1n) is 24.3. The molecule has 0 bridgehead atoms. The van der Waals surface area contributed by atoms with Gasteiger partial charge in [-0.15, -0.1) is 0 Å². The molecular formula is C66H57N7. The van der Waals surface area contributed by atoms with Crippen molar-refractivity contribution in [1.82, 2.24) is 0 Å². The van der Waals surface area contributed by atoms with Gasteiger partial charge in [-0.05, 0) is 123 Å². The Morgan fingerprint density at radius 3 is 0.726 bits per heavy atom. The zero-order valence-electron chi connectivity index (χ0n) is 40.9. The Morgan fingerprint density at radius 1 is 0.260 bits per heavy atom. The summed E-state index contributed by atoms with van der Waals surface area (Å²) in [5, 5.41) is 21.1. The highest BCUT2D eigenvalue weighted by atomic mass is 15.5. The van der Waals surface area contributed by atoms with Gasteiger partial charge in [0, 0.05) is 17.1 Å². The van der Waals surface area contributed by atoms with Crippen LogP contribution in [0.1, 0.15) is 50.1 Å². The maximum atomic E-state index is 5.01. The highest BCUT2D eigenvalue weighted by Crippen LogP contribution is 2.35. The van der Waals surface area contributed by atoms with E-state index < -0.39 is 0 Å². The third kappa shape index (κ3) is 13.2. The molecule has 0 atom stereocenters. The Bertz CT molecular complexity index is 2900.